The Bertz CT molecular complexity index is 904. The van der Waals surface area contributed by atoms with Crippen molar-refractivity contribution in [3.05, 3.63) is 28.0 Å². The summed E-state index contributed by atoms with van der Waals surface area (Å²) in [6, 6.07) is 0. The summed E-state index contributed by atoms with van der Waals surface area (Å²) >= 11 is 0. The van der Waals surface area contributed by atoms with Gasteiger partial charge in [-0.3, -0.25) is 9.59 Å². The standard InChI is InChI=1S/C20H27N3O5/c1-13-16(17-18(28-13)21-12-22(2)19(17)24)20(25)23-8-6-14(7-9-23)27-11-15-5-3-4-10-26-15/h12,14-15H,3-11H2,1-2H3. The van der Waals surface area contributed by atoms with E-state index in [0.29, 0.717) is 31.0 Å². The number of ether oxygens (including phenoxy) is 2. The number of hydrogen-bond donors (Lipinski definition) is 0. The van der Waals surface area contributed by atoms with E-state index in [2.05, 4.69) is 4.98 Å². The van der Waals surface area contributed by atoms with Crippen molar-refractivity contribution in [1.82, 2.24) is 14.5 Å². The molecule has 28 heavy (non-hydrogen) atoms. The molecule has 2 aromatic heterocycles. The third-order valence-electron chi connectivity index (χ3n) is 5.68. The highest BCUT2D eigenvalue weighted by Gasteiger charge is 2.30. The molecule has 1 atom stereocenters. The largest absolute Gasteiger partial charge is 0.442 e. The molecular weight excluding hydrogens is 362 g/mol. The normalized spacial score (nSPS) is 21.4. The lowest BCUT2D eigenvalue weighted by Gasteiger charge is -2.33. The van der Waals surface area contributed by atoms with Crippen LogP contribution in [0.25, 0.3) is 11.1 Å². The summed E-state index contributed by atoms with van der Waals surface area (Å²) in [5.74, 6) is 0.263. The highest BCUT2D eigenvalue weighted by molar-refractivity contribution is 6.06. The van der Waals surface area contributed by atoms with E-state index < -0.39 is 0 Å². The zero-order valence-electron chi connectivity index (χ0n) is 16.5. The third kappa shape index (κ3) is 3.71. The molecule has 0 N–H and O–H groups in total. The second kappa shape index (κ2) is 8.05. The molecule has 0 aliphatic carbocycles. The van der Waals surface area contributed by atoms with Gasteiger partial charge in [-0.05, 0) is 39.0 Å². The predicted octanol–water partition coefficient (Wildman–Crippen LogP) is 2.03. The van der Waals surface area contributed by atoms with Crippen molar-refractivity contribution < 1.29 is 18.7 Å². The first-order valence-corrected chi connectivity index (χ1v) is 10.0. The first-order chi connectivity index (χ1) is 13.5. The molecule has 2 saturated heterocycles. The molecule has 8 nitrogen and oxygen atoms in total. The fourth-order valence-electron chi connectivity index (χ4n) is 4.01. The fourth-order valence-corrected chi connectivity index (χ4v) is 4.01. The zero-order chi connectivity index (χ0) is 19.7. The van der Waals surface area contributed by atoms with E-state index in [0.717, 1.165) is 32.3 Å². The maximum absolute atomic E-state index is 13.1. The number of amides is 1. The number of furan rings is 1. The van der Waals surface area contributed by atoms with Crippen molar-refractivity contribution in [2.24, 2.45) is 7.05 Å². The molecule has 1 amide bonds. The molecule has 4 rings (SSSR count). The predicted molar refractivity (Wildman–Crippen MR) is 102 cm³/mol. The van der Waals surface area contributed by atoms with Crippen LogP contribution < -0.4 is 5.56 Å². The Balaban J connectivity index is 1.40. The van der Waals surface area contributed by atoms with Gasteiger partial charge in [0.05, 0.1) is 24.4 Å². The summed E-state index contributed by atoms with van der Waals surface area (Å²) in [6.07, 6.45) is 6.72. The van der Waals surface area contributed by atoms with Gasteiger partial charge in [0.2, 0.25) is 5.71 Å². The summed E-state index contributed by atoms with van der Waals surface area (Å²) in [5, 5.41) is 0.264. The Morgan fingerprint density at radius 2 is 2.07 bits per heavy atom. The van der Waals surface area contributed by atoms with Gasteiger partial charge >= 0.3 is 0 Å². The minimum atomic E-state index is -0.268. The maximum Gasteiger partial charge on any atom is 0.265 e. The molecule has 2 aliphatic rings. The number of likely N-dealkylation sites (tertiary alicyclic amines) is 1. The minimum absolute atomic E-state index is 0.145. The smallest absolute Gasteiger partial charge is 0.265 e. The molecule has 8 heteroatoms. The number of rotatable bonds is 4. The van der Waals surface area contributed by atoms with Gasteiger partial charge in [-0.2, -0.15) is 0 Å². The van der Waals surface area contributed by atoms with Gasteiger partial charge in [-0.25, -0.2) is 4.98 Å². The van der Waals surface area contributed by atoms with Gasteiger partial charge < -0.3 is 23.4 Å². The molecule has 4 heterocycles. The molecule has 2 fully saturated rings. The molecular formula is C20H27N3O5. The lowest BCUT2D eigenvalue weighted by molar-refractivity contribution is -0.0733. The second-order valence-electron chi connectivity index (χ2n) is 7.69. The van der Waals surface area contributed by atoms with E-state index in [4.69, 9.17) is 13.9 Å². The molecule has 0 saturated carbocycles. The van der Waals surface area contributed by atoms with E-state index in [9.17, 15) is 9.59 Å². The first kappa shape index (κ1) is 19.1. The molecule has 2 aromatic rings. The Morgan fingerprint density at radius 1 is 1.29 bits per heavy atom. The summed E-state index contributed by atoms with van der Waals surface area (Å²) in [6.45, 7) is 4.36. The number of nitrogens with zero attached hydrogens (tertiary/aromatic N) is 3. The third-order valence-corrected chi connectivity index (χ3v) is 5.68. The number of aryl methyl sites for hydroxylation is 2. The zero-order valence-corrected chi connectivity index (χ0v) is 16.5. The summed E-state index contributed by atoms with van der Waals surface area (Å²) in [7, 11) is 1.62. The molecule has 152 valence electrons. The van der Waals surface area contributed by atoms with Crippen LogP contribution in [-0.2, 0) is 16.5 Å². The molecule has 2 aliphatic heterocycles. The van der Waals surface area contributed by atoms with Crippen LogP contribution in [0.1, 0.15) is 48.2 Å². The monoisotopic (exact) mass is 389 g/mol. The lowest BCUT2D eigenvalue weighted by Crippen LogP contribution is -2.42. The van der Waals surface area contributed by atoms with Crippen LogP contribution >= 0.6 is 0 Å². The molecule has 0 spiro atoms. The summed E-state index contributed by atoms with van der Waals surface area (Å²) in [4.78, 5) is 31.5. The Morgan fingerprint density at radius 3 is 2.79 bits per heavy atom. The highest BCUT2D eigenvalue weighted by atomic mass is 16.5. The van der Waals surface area contributed by atoms with Crippen LogP contribution in [-0.4, -0.2) is 58.9 Å². The second-order valence-corrected chi connectivity index (χ2v) is 7.69. The van der Waals surface area contributed by atoms with Crippen LogP contribution in [0.4, 0.5) is 0 Å². The van der Waals surface area contributed by atoms with Crippen molar-refractivity contribution >= 4 is 17.0 Å². The number of aromatic nitrogens is 2. The van der Waals surface area contributed by atoms with E-state index in [-0.39, 0.29) is 34.8 Å². The maximum atomic E-state index is 13.1. The van der Waals surface area contributed by atoms with Gasteiger partial charge in [-0.1, -0.05) is 0 Å². The van der Waals surface area contributed by atoms with Crippen molar-refractivity contribution in [1.29, 1.82) is 0 Å². The number of fused-ring (bicyclic) bond motifs is 1. The Kier molecular flexibility index (Phi) is 5.50. The van der Waals surface area contributed by atoms with E-state index in [1.54, 1.807) is 18.9 Å². The van der Waals surface area contributed by atoms with Crippen molar-refractivity contribution in [3.8, 4) is 0 Å². The van der Waals surface area contributed by atoms with Gasteiger partial charge in [-0.15, -0.1) is 0 Å². The number of hydrogen-bond acceptors (Lipinski definition) is 6. The summed E-state index contributed by atoms with van der Waals surface area (Å²) in [5.41, 5.74) is 0.282. The van der Waals surface area contributed by atoms with Gasteiger partial charge in [0.1, 0.15) is 17.5 Å². The van der Waals surface area contributed by atoms with Crippen LogP contribution in [0.5, 0.6) is 0 Å². The van der Waals surface area contributed by atoms with Crippen molar-refractivity contribution in [3.63, 3.8) is 0 Å². The number of piperidine rings is 1. The van der Waals surface area contributed by atoms with E-state index in [1.165, 1.54) is 17.3 Å². The van der Waals surface area contributed by atoms with Crippen LogP contribution in [0.15, 0.2) is 15.5 Å². The quantitative estimate of drug-likeness (QED) is 0.795. The lowest BCUT2D eigenvalue weighted by atomic mass is 10.0. The molecule has 0 bridgehead atoms. The average molecular weight is 389 g/mol. The van der Waals surface area contributed by atoms with Crippen molar-refractivity contribution in [2.75, 3.05) is 26.3 Å². The Labute approximate surface area is 163 Å². The van der Waals surface area contributed by atoms with Crippen LogP contribution in [0.3, 0.4) is 0 Å². The average Bonchev–Trinajstić information content (AvgIpc) is 3.06. The molecule has 1 unspecified atom stereocenters. The first-order valence-electron chi connectivity index (χ1n) is 10.0. The van der Waals surface area contributed by atoms with Crippen molar-refractivity contribution in [2.45, 2.75) is 51.2 Å². The molecule has 0 radical (unpaired) electrons. The van der Waals surface area contributed by atoms with E-state index >= 15 is 0 Å². The van der Waals surface area contributed by atoms with E-state index in [1.807, 2.05) is 0 Å². The minimum Gasteiger partial charge on any atom is -0.442 e. The fraction of sp³-hybridized carbons (Fsp3) is 0.650. The van der Waals surface area contributed by atoms with Gasteiger partial charge in [0.25, 0.3) is 11.5 Å². The van der Waals surface area contributed by atoms with Crippen LogP contribution in [0, 0.1) is 6.92 Å². The Hall–Kier alpha value is -2.19. The van der Waals surface area contributed by atoms with Gasteiger partial charge in [0, 0.05) is 26.7 Å². The number of carbonyl (C=O) groups is 1. The van der Waals surface area contributed by atoms with Crippen LogP contribution in [0.2, 0.25) is 0 Å². The number of carbonyl (C=O) groups excluding carboxylic acids is 1. The highest BCUT2D eigenvalue weighted by Crippen LogP contribution is 2.25. The summed E-state index contributed by atoms with van der Waals surface area (Å²) < 4.78 is 18.7. The SMILES string of the molecule is Cc1oc2ncn(C)c(=O)c2c1C(=O)N1CCC(OCC2CCCCO2)CC1. The van der Waals surface area contributed by atoms with Gasteiger partial charge in [0.15, 0.2) is 0 Å². The topological polar surface area (TPSA) is 86.8 Å². The molecule has 0 aromatic carbocycles.